The average molecular weight is 273 g/mol. The first-order chi connectivity index (χ1) is 8.27. The van der Waals surface area contributed by atoms with Crippen LogP contribution >= 0.6 is 11.6 Å². The number of hydrogen-bond donors (Lipinski definition) is 1. The summed E-state index contributed by atoms with van der Waals surface area (Å²) >= 11 is 5.85. The number of halogens is 1. The summed E-state index contributed by atoms with van der Waals surface area (Å²) in [6, 6.07) is 3.82. The van der Waals surface area contributed by atoms with Gasteiger partial charge in [-0.3, -0.25) is 14.9 Å². The van der Waals surface area contributed by atoms with E-state index in [1.807, 2.05) is 0 Å². The van der Waals surface area contributed by atoms with Gasteiger partial charge in [0, 0.05) is 19.2 Å². The first-order valence-corrected chi connectivity index (χ1v) is 5.46. The number of benzene rings is 1. The lowest BCUT2D eigenvalue weighted by Crippen LogP contribution is -2.38. The van der Waals surface area contributed by atoms with Crippen LogP contribution in [0.4, 0.5) is 11.4 Å². The van der Waals surface area contributed by atoms with Crippen molar-refractivity contribution in [2.24, 2.45) is 0 Å². The fourth-order valence-corrected chi connectivity index (χ4v) is 1.31. The normalized spacial score (nSPS) is 11.1. The fraction of sp³-hybridized carbons (Fsp3) is 0.364. The summed E-state index contributed by atoms with van der Waals surface area (Å²) in [5.74, 6) is -0.388. The van der Waals surface area contributed by atoms with Crippen LogP contribution in [0.15, 0.2) is 18.2 Å². The summed E-state index contributed by atoms with van der Waals surface area (Å²) in [5.41, 5.74) is -0.841. The molecule has 0 atom stereocenters. The molecule has 0 aromatic heterocycles. The van der Waals surface area contributed by atoms with Gasteiger partial charge in [-0.2, -0.15) is 0 Å². The number of carbonyl (C=O) groups is 1. The molecule has 0 spiro atoms. The number of hydrogen-bond acceptors (Lipinski definition) is 4. The summed E-state index contributed by atoms with van der Waals surface area (Å²) in [7, 11) is 1.41. The Balaban J connectivity index is 2.93. The van der Waals surface area contributed by atoms with Crippen molar-refractivity contribution in [2.75, 3.05) is 12.4 Å². The largest absolute Gasteiger partial charge is 0.369 e. The van der Waals surface area contributed by atoms with E-state index < -0.39 is 10.5 Å². The summed E-state index contributed by atoms with van der Waals surface area (Å²) in [4.78, 5) is 21.8. The second-order valence-electron chi connectivity index (χ2n) is 4.09. The van der Waals surface area contributed by atoms with Gasteiger partial charge in [0.05, 0.1) is 15.6 Å². The molecular weight excluding hydrogens is 260 g/mol. The third kappa shape index (κ3) is 3.18. The zero-order valence-electron chi connectivity index (χ0n) is 10.2. The third-order valence-electron chi connectivity index (χ3n) is 2.47. The van der Waals surface area contributed by atoms with Crippen LogP contribution in [0.2, 0.25) is 5.02 Å². The predicted molar refractivity (Wildman–Crippen MR) is 67.8 cm³/mol. The summed E-state index contributed by atoms with van der Waals surface area (Å²) in [6.45, 7) is 3.20. The predicted octanol–water partition coefficient (Wildman–Crippen LogP) is 2.61. The van der Waals surface area contributed by atoms with E-state index in [-0.39, 0.29) is 16.6 Å². The highest BCUT2D eigenvalue weighted by molar-refractivity contribution is 6.34. The lowest BCUT2D eigenvalue weighted by atomic mass is 10.1. The minimum absolute atomic E-state index is 0.101. The van der Waals surface area contributed by atoms with Gasteiger partial charge >= 0.3 is 0 Å². The Morgan fingerprint density at radius 3 is 2.56 bits per heavy atom. The van der Waals surface area contributed by atoms with Crippen molar-refractivity contribution in [1.29, 1.82) is 0 Å². The number of nitrogens with zero attached hydrogens (tertiary/aromatic N) is 1. The molecule has 7 heteroatoms. The summed E-state index contributed by atoms with van der Waals surface area (Å²) in [5, 5.41) is 13.2. The van der Waals surface area contributed by atoms with E-state index in [1.165, 1.54) is 25.3 Å². The van der Waals surface area contributed by atoms with Gasteiger partial charge in [-0.25, -0.2) is 0 Å². The topological polar surface area (TPSA) is 81.5 Å². The number of anilines is 1. The minimum atomic E-state index is -1.01. The molecule has 6 nitrogen and oxygen atoms in total. The van der Waals surface area contributed by atoms with E-state index in [1.54, 1.807) is 13.8 Å². The van der Waals surface area contributed by atoms with Crippen LogP contribution < -0.4 is 5.32 Å². The lowest BCUT2D eigenvalue weighted by molar-refractivity contribution is -0.384. The molecule has 0 heterocycles. The first-order valence-electron chi connectivity index (χ1n) is 5.08. The Morgan fingerprint density at radius 2 is 2.11 bits per heavy atom. The van der Waals surface area contributed by atoms with Gasteiger partial charge < -0.3 is 10.1 Å². The fourth-order valence-electron chi connectivity index (χ4n) is 1.08. The monoisotopic (exact) mass is 272 g/mol. The highest BCUT2D eigenvalue weighted by atomic mass is 35.5. The Morgan fingerprint density at radius 1 is 1.50 bits per heavy atom. The Hall–Kier alpha value is -1.66. The molecule has 0 aliphatic carbocycles. The van der Waals surface area contributed by atoms with E-state index in [0.29, 0.717) is 5.69 Å². The number of ether oxygens (including phenoxy) is 1. The highest BCUT2D eigenvalue weighted by Crippen LogP contribution is 2.27. The van der Waals surface area contributed by atoms with E-state index in [9.17, 15) is 14.9 Å². The van der Waals surface area contributed by atoms with Gasteiger partial charge in [-0.1, -0.05) is 11.6 Å². The van der Waals surface area contributed by atoms with E-state index >= 15 is 0 Å². The molecule has 1 amide bonds. The van der Waals surface area contributed by atoms with Crippen molar-refractivity contribution in [2.45, 2.75) is 19.4 Å². The van der Waals surface area contributed by atoms with Gasteiger partial charge in [0.25, 0.3) is 11.6 Å². The van der Waals surface area contributed by atoms with Crippen molar-refractivity contribution >= 4 is 28.9 Å². The SMILES string of the molecule is COC(C)(C)C(=O)Nc1ccc([N+](=O)[O-])cc1Cl. The van der Waals surface area contributed by atoms with Gasteiger partial charge in [0.15, 0.2) is 0 Å². The van der Waals surface area contributed by atoms with Gasteiger partial charge in [-0.05, 0) is 19.9 Å². The molecule has 18 heavy (non-hydrogen) atoms. The molecule has 0 bridgehead atoms. The number of non-ortho nitro benzene ring substituents is 1. The maximum atomic E-state index is 11.8. The quantitative estimate of drug-likeness (QED) is 0.675. The average Bonchev–Trinajstić information content (AvgIpc) is 2.31. The number of rotatable bonds is 4. The molecule has 1 aromatic carbocycles. The zero-order chi connectivity index (χ0) is 13.9. The Bertz CT molecular complexity index is 488. The summed E-state index contributed by atoms with van der Waals surface area (Å²) < 4.78 is 5.01. The van der Waals surface area contributed by atoms with Crippen LogP contribution in [0.25, 0.3) is 0 Å². The number of nitro groups is 1. The maximum absolute atomic E-state index is 11.8. The van der Waals surface area contributed by atoms with Crippen LogP contribution in [0.3, 0.4) is 0 Å². The molecule has 0 saturated heterocycles. The molecule has 0 unspecified atom stereocenters. The second kappa shape index (κ2) is 5.32. The number of nitro benzene ring substituents is 1. The maximum Gasteiger partial charge on any atom is 0.271 e. The molecule has 1 rings (SSSR count). The van der Waals surface area contributed by atoms with E-state index in [0.717, 1.165) is 0 Å². The minimum Gasteiger partial charge on any atom is -0.369 e. The molecule has 1 aromatic rings. The molecule has 0 fully saturated rings. The second-order valence-corrected chi connectivity index (χ2v) is 4.50. The van der Waals surface area contributed by atoms with Gasteiger partial charge in [0.1, 0.15) is 5.60 Å². The smallest absolute Gasteiger partial charge is 0.271 e. The number of methoxy groups -OCH3 is 1. The molecule has 0 radical (unpaired) electrons. The van der Waals surface area contributed by atoms with Crippen molar-refractivity contribution in [3.8, 4) is 0 Å². The molecule has 0 saturated carbocycles. The highest BCUT2D eigenvalue weighted by Gasteiger charge is 2.27. The third-order valence-corrected chi connectivity index (χ3v) is 2.78. The standard InChI is InChI=1S/C11H13ClN2O4/c1-11(2,18-3)10(15)13-9-5-4-7(14(16)17)6-8(9)12/h4-6H,1-3H3,(H,13,15). The number of nitrogens with one attached hydrogen (secondary N) is 1. The molecule has 0 aliphatic heterocycles. The van der Waals surface area contributed by atoms with Gasteiger partial charge in [-0.15, -0.1) is 0 Å². The van der Waals surface area contributed by atoms with Gasteiger partial charge in [0.2, 0.25) is 0 Å². The van der Waals surface area contributed by atoms with Crippen molar-refractivity contribution in [1.82, 2.24) is 0 Å². The molecular formula is C11H13ClN2O4. The van der Waals surface area contributed by atoms with Crippen LogP contribution in [0, 0.1) is 10.1 Å². The van der Waals surface area contributed by atoms with E-state index in [2.05, 4.69) is 5.32 Å². The van der Waals surface area contributed by atoms with Crippen molar-refractivity contribution in [3.05, 3.63) is 33.3 Å². The van der Waals surface area contributed by atoms with Crippen LogP contribution in [-0.2, 0) is 9.53 Å². The zero-order valence-corrected chi connectivity index (χ0v) is 10.9. The molecule has 0 aliphatic rings. The van der Waals surface area contributed by atoms with Crippen molar-refractivity contribution in [3.63, 3.8) is 0 Å². The van der Waals surface area contributed by atoms with Crippen LogP contribution in [-0.4, -0.2) is 23.5 Å². The van der Waals surface area contributed by atoms with Crippen LogP contribution in [0.1, 0.15) is 13.8 Å². The molecule has 1 N–H and O–H groups in total. The Kier molecular flexibility index (Phi) is 4.26. The first kappa shape index (κ1) is 14.4. The lowest BCUT2D eigenvalue weighted by Gasteiger charge is -2.21. The Labute approximate surface area is 109 Å². The number of amides is 1. The van der Waals surface area contributed by atoms with E-state index in [4.69, 9.17) is 16.3 Å². The van der Waals surface area contributed by atoms with Crippen LogP contribution in [0.5, 0.6) is 0 Å². The summed E-state index contributed by atoms with van der Waals surface area (Å²) in [6.07, 6.45) is 0. The van der Waals surface area contributed by atoms with Crippen molar-refractivity contribution < 1.29 is 14.5 Å². The number of carbonyl (C=O) groups excluding carboxylic acids is 1. The molecule has 98 valence electrons.